The van der Waals surface area contributed by atoms with Crippen molar-refractivity contribution in [2.24, 2.45) is 58.3 Å². The Balaban J connectivity index is -0.000000209. The second kappa shape index (κ2) is 91.4. The van der Waals surface area contributed by atoms with Crippen molar-refractivity contribution >= 4 is 119 Å². The van der Waals surface area contributed by atoms with Crippen LogP contribution in [0.4, 0.5) is 0 Å². The first-order chi connectivity index (χ1) is 67.0. The van der Waals surface area contributed by atoms with E-state index >= 15 is 0 Å². The Hall–Kier alpha value is -2.33. The van der Waals surface area contributed by atoms with Gasteiger partial charge < -0.3 is 83.9 Å². The first kappa shape index (κ1) is 164. The van der Waals surface area contributed by atoms with Crippen molar-refractivity contribution in [2.45, 2.75) is 294 Å². The van der Waals surface area contributed by atoms with Gasteiger partial charge in [0.05, 0.1) is 86.6 Å². The molecule has 0 aliphatic heterocycles. The van der Waals surface area contributed by atoms with Crippen LogP contribution in [-0.4, -0.2) is 328 Å². The molecule has 59 heteroatoms. The van der Waals surface area contributed by atoms with Gasteiger partial charge in [0, 0.05) is 62.5 Å². The maximum absolute atomic E-state index is 11.0. The van der Waals surface area contributed by atoms with Crippen LogP contribution in [0, 0.1) is 46.8 Å². The number of nitrogens with two attached hydrogens (primary N) is 2. The van der Waals surface area contributed by atoms with E-state index in [1.54, 1.807) is 13.8 Å². The van der Waals surface area contributed by atoms with Gasteiger partial charge >= 0.3 is 59.1 Å². The first-order valence-corrected chi connectivity index (χ1v) is 65.3. The number of amides is 2. The molecule has 2 aromatic carbocycles. The maximum Gasteiger partial charge on any atom is 1.00 e. The average Bonchev–Trinajstić information content (AvgIpc) is 1.66. The number of benzene rings is 2. The smallest absolute Gasteiger partial charge is 0.870 e. The summed E-state index contributed by atoms with van der Waals surface area (Å²) >= 11 is 0. The van der Waals surface area contributed by atoms with Gasteiger partial charge in [0.1, 0.15) is 0 Å². The predicted molar refractivity (Wildman–Crippen MR) is 571 cm³/mol. The molecular weight excluding hydrogens is 2180 g/mol. The van der Waals surface area contributed by atoms with Crippen LogP contribution in [-0.2, 0) is 129 Å². The predicted octanol–water partition coefficient (Wildman–Crippen LogP) is 0.376. The van der Waals surface area contributed by atoms with Gasteiger partial charge in [0.2, 0.25) is 11.8 Å². The van der Waals surface area contributed by atoms with Gasteiger partial charge in [-0.25, -0.2) is 8.42 Å². The van der Waals surface area contributed by atoms with Gasteiger partial charge in [-0.3, -0.25) is 56.8 Å². The van der Waals surface area contributed by atoms with Crippen LogP contribution in [0.3, 0.4) is 0 Å². The molecule has 0 bridgehead atoms. The van der Waals surface area contributed by atoms with Gasteiger partial charge in [-0.1, -0.05) is 189 Å². The molecule has 149 heavy (non-hydrogen) atoms. The third kappa shape index (κ3) is 119. The number of rotatable bonds is 66. The fourth-order valence-corrected chi connectivity index (χ4v) is 18.7. The van der Waals surface area contributed by atoms with Crippen molar-refractivity contribution < 1.29 is 229 Å². The van der Waals surface area contributed by atoms with E-state index < -0.39 is 113 Å². The van der Waals surface area contributed by atoms with E-state index in [0.717, 1.165) is 66.9 Å². The second-order valence-electron chi connectivity index (χ2n) is 37.6. The molecule has 4 unspecified atom stereocenters. The topological polar surface area (TPSA) is 845 Å². The molecule has 0 saturated heterocycles. The molecule has 2 aliphatic carbocycles. The van der Waals surface area contributed by atoms with Crippen LogP contribution in [0.1, 0.15) is 285 Å². The van der Waals surface area contributed by atoms with Crippen LogP contribution in [0.15, 0.2) is 48.5 Å². The summed E-state index contributed by atoms with van der Waals surface area (Å²) in [6.45, 7) is 31.4. The van der Waals surface area contributed by atoms with E-state index in [1.807, 2.05) is 117 Å². The summed E-state index contributed by atoms with van der Waals surface area (Å²) in [6.07, 6.45) is 20.5. The summed E-state index contributed by atoms with van der Waals surface area (Å²) in [6, 6.07) is 16.1. The number of primary amides is 2. The molecule has 0 spiro atoms. The van der Waals surface area contributed by atoms with Crippen molar-refractivity contribution in [2.75, 3.05) is 136 Å². The van der Waals surface area contributed by atoms with Crippen molar-refractivity contribution in [3.05, 3.63) is 70.8 Å². The number of aliphatic hydroxyl groups is 4. The number of hydrogen-bond acceptors (Lipinski definition) is 36. The number of fused-ring (bicyclic) bond motifs is 1. The van der Waals surface area contributed by atoms with Gasteiger partial charge in [0.15, 0.2) is 0 Å². The van der Waals surface area contributed by atoms with E-state index in [-0.39, 0.29) is 201 Å². The Bertz CT molecular complexity index is 4960. The molecule has 2 aromatic rings. The maximum atomic E-state index is 11.0. The summed E-state index contributed by atoms with van der Waals surface area (Å²) < 4.78 is 294. The number of aliphatic hydroxyl groups excluding tert-OH is 4. The number of nitrogens with one attached hydrogen (secondary N) is 7. The fraction of sp³-hybridized carbons (Fsp3) is 0.833. The molecule has 0 radical (unpaired) electrons. The number of carbonyl (C=O) groups excluding carboxylic acids is 3. The zero-order valence-electron chi connectivity index (χ0n) is 90.0. The summed E-state index contributed by atoms with van der Waals surface area (Å²) in [5.41, 5.74) is 14.0. The quantitative estimate of drug-likeness (QED) is 0.0184. The van der Waals surface area contributed by atoms with Crippen LogP contribution < -0.4 is 108 Å². The van der Waals surface area contributed by atoms with Gasteiger partial charge in [-0.2, -0.15) is 75.8 Å². The third-order valence-electron chi connectivity index (χ3n) is 22.3. The molecule has 47 nitrogen and oxygen atoms in total. The SMILES string of the molecule is CC(C)([C-]=O)CCCCS(=O)(=O)[O-].CC(C)C(CNCCCS(=O)(=O)O)C(N)=O.CC(C)[C@@H](CO)CNCCCS(=O)(=O)O.CC(C)[C@H](CCCCS(=O)(=O)O)C(N)=O.CC(CCO)NCCCS(=O)(=O)O.CCC(C)CCCCCS(=O)(=O)O.CCNCCCS(=O)(=O)O.C[C@@H](NCCCS(=O)(=O)O)c1ccc(CO)cc1.O=S(=O)(O)CCCCNC1CCCCC1.O=S(=O)(O)CCCNC1c2ccccc2C[C@@H]1O.[Na+].[Na+].[OH-]. The van der Waals surface area contributed by atoms with E-state index in [9.17, 15) is 108 Å². The molecule has 0 heterocycles. The minimum atomic E-state index is -4.10. The summed E-state index contributed by atoms with van der Waals surface area (Å²) in [5, 5.41) is 58.1. The second-order valence-corrected chi connectivity index (χ2v) is 53.2. The van der Waals surface area contributed by atoms with Crippen LogP contribution in [0.2, 0.25) is 0 Å². The monoisotopic (exact) mass is 2360 g/mol. The molecule has 4 rings (SSSR count). The molecule has 1 saturated carbocycles. The van der Waals surface area contributed by atoms with Crippen molar-refractivity contribution in [1.29, 1.82) is 0 Å². The Kier molecular flexibility index (Phi) is 101. The minimum absolute atomic E-state index is 0. The Morgan fingerprint density at radius 2 is 0.826 bits per heavy atom. The Labute approximate surface area is 936 Å². The third-order valence-corrected chi connectivity index (χ3v) is 30.4. The summed E-state index contributed by atoms with van der Waals surface area (Å²) in [4.78, 5) is 32.3. The average molecular weight is 2370 g/mol. The normalized spacial score (nSPS) is 15.2. The van der Waals surface area contributed by atoms with E-state index in [4.69, 9.17) is 67.8 Å². The molecule has 1 fully saturated rings. The van der Waals surface area contributed by atoms with Crippen LogP contribution >= 0.6 is 0 Å². The van der Waals surface area contributed by atoms with Crippen LogP contribution in [0.25, 0.3) is 0 Å². The fourth-order valence-electron chi connectivity index (χ4n) is 13.4. The zero-order chi connectivity index (χ0) is 114. The van der Waals surface area contributed by atoms with E-state index in [2.05, 4.69) is 51.1 Å². The molecule has 2 amide bonds. The molecule has 25 N–H and O–H groups in total. The Morgan fingerprint density at radius 3 is 1.21 bits per heavy atom. The molecule has 878 valence electrons. The standard InChI is InChI=1S/C12H17NO4S.C12H19NO4S.C10H21NO3S.C9H20N2O4S.C9H21NO4S.C9H19NO4S.C9H20O3S.C8H15O4S.C7H17NO4S.C5H13NO3S.2Na.H2O/c14-11-8-9-4-1-2-5-10(9)12(11)13-6-3-7-18(15,16)17;1-10(13-7-2-8-18(15,16)17)12-5-3-11(9-14)4-6-12;12-15(13,14)9-5-4-8-11-10-6-2-1-3-7-10;1-7(2)8(9(10)12)6-11-4-3-5-16(13,14)15;1-8(2)9(7-11)6-10-4-3-5-15(12,13)14;1-7(2)8(9(10)11)5-3-4-6-15(12,13)14;1-3-9(2)7-5-4-6-8-13(10,11)12;1-8(2,7-9)5-3-4-6-13(10,11)12;1-7(3-5-9)8-4-2-6-13(10,11)12;1-2-6-4-3-5-10(7,8)9;;;/h1-2,4-5,11-14H,3,6-8H2,(H,15,16,17);3-6,10,13-14H,2,7-9H2,1H3,(H,15,16,17);10-11H,1-9H2,(H,12,13,14);7-8,11H,3-6H2,1-2H3,(H2,10,12)(H,13,14,15);8-11H,3-7H2,1-2H3,(H,12,13,14);7-8H,3-6H2,1-2H3,(H2,10,11)(H,12,13,14);9H,3-8H2,1-2H3,(H,10,11,12);3-6H2,1-2H3,(H,10,11,12);7-9H,2-6H2,1H3,(H,10,11,12);6H,2-5H2,1H3,(H,7,8,9);;;1H2/q;;;;;;;-1;;;2*+1;/p-2/t11-,12?;10-;;;9-;8-;;;;;;;/m01..10......./s1. The largest absolute Gasteiger partial charge is 1.00 e. The van der Waals surface area contributed by atoms with E-state index in [0.29, 0.717) is 167 Å². The molecule has 8 atom stereocenters. The summed E-state index contributed by atoms with van der Waals surface area (Å²) in [7, 11) is -38.5. The zero-order valence-corrected chi connectivity index (χ0v) is 102. The Morgan fingerprint density at radius 1 is 0.443 bits per heavy atom. The molecule has 2 aliphatic rings. The number of unbranched alkanes of at least 4 members (excludes halogenated alkanes) is 5. The molecular formula is C90H182N9Na2O38S10-. The number of hydrogen-bond donors (Lipinski definition) is 22. The van der Waals surface area contributed by atoms with E-state index in [1.165, 1.54) is 38.5 Å². The summed E-state index contributed by atoms with van der Waals surface area (Å²) in [5.74, 6) is -1.72. The van der Waals surface area contributed by atoms with Gasteiger partial charge in [-0.05, 0) is 214 Å². The molecule has 0 aromatic heterocycles. The van der Waals surface area contributed by atoms with Crippen molar-refractivity contribution in [3.63, 3.8) is 0 Å². The van der Waals surface area contributed by atoms with Gasteiger partial charge in [0.25, 0.3) is 91.1 Å². The number of carbonyl (C=O) groups is 2. The van der Waals surface area contributed by atoms with Crippen LogP contribution in [0.5, 0.6) is 0 Å². The minimum Gasteiger partial charge on any atom is -0.870 e. The first-order valence-electron chi connectivity index (χ1n) is 49.3. The van der Waals surface area contributed by atoms with Crippen molar-refractivity contribution in [1.82, 2.24) is 37.2 Å². The van der Waals surface area contributed by atoms with Gasteiger partial charge in [-0.15, -0.1) is 5.41 Å². The van der Waals surface area contributed by atoms with Crippen molar-refractivity contribution in [3.8, 4) is 0 Å².